The van der Waals surface area contributed by atoms with Gasteiger partial charge in [0.05, 0.1) is 11.3 Å². The molecule has 0 radical (unpaired) electrons. The zero-order valence-corrected chi connectivity index (χ0v) is 11.9. The maximum atomic E-state index is 12.7. The van der Waals surface area contributed by atoms with Crippen molar-refractivity contribution in [2.45, 2.75) is 13.3 Å². The number of aromatic nitrogens is 2. The van der Waals surface area contributed by atoms with Crippen LogP contribution in [0, 0.1) is 6.92 Å². The number of benzene rings is 1. The molecule has 0 atom stereocenters. The third kappa shape index (κ3) is 3.05. The van der Waals surface area contributed by atoms with Gasteiger partial charge in [-0.05, 0) is 32.0 Å². The van der Waals surface area contributed by atoms with E-state index in [4.69, 9.17) is 5.73 Å². The Hall–Kier alpha value is -2.14. The van der Waals surface area contributed by atoms with Gasteiger partial charge in [-0.25, -0.2) is 0 Å². The van der Waals surface area contributed by atoms with Gasteiger partial charge in [-0.15, -0.1) is 0 Å². The van der Waals surface area contributed by atoms with Gasteiger partial charge < -0.3 is 10.6 Å². The minimum absolute atomic E-state index is 0.0322. The van der Waals surface area contributed by atoms with Crippen LogP contribution < -0.4 is 10.6 Å². The average molecular weight is 272 g/mol. The van der Waals surface area contributed by atoms with Gasteiger partial charge in [0.15, 0.2) is 0 Å². The highest BCUT2D eigenvalue weighted by Gasteiger charge is 2.20. The summed E-state index contributed by atoms with van der Waals surface area (Å²) in [4.78, 5) is 14.5. The number of hydrogen-bond acceptors (Lipinski definition) is 3. The molecule has 0 spiro atoms. The molecule has 0 bridgehead atoms. The molecule has 1 heterocycles. The molecule has 2 N–H and O–H groups in total. The van der Waals surface area contributed by atoms with Crippen molar-refractivity contribution in [1.29, 1.82) is 0 Å². The van der Waals surface area contributed by atoms with Crippen LogP contribution >= 0.6 is 0 Å². The zero-order chi connectivity index (χ0) is 14.5. The van der Waals surface area contributed by atoms with Crippen LogP contribution in [-0.2, 0) is 7.05 Å². The fourth-order valence-corrected chi connectivity index (χ4v) is 2.16. The van der Waals surface area contributed by atoms with E-state index in [0.717, 1.165) is 17.8 Å². The highest BCUT2D eigenvalue weighted by atomic mass is 16.2. The van der Waals surface area contributed by atoms with Crippen LogP contribution in [0.25, 0.3) is 0 Å². The van der Waals surface area contributed by atoms with Gasteiger partial charge in [0, 0.05) is 25.5 Å². The maximum Gasteiger partial charge on any atom is 0.261 e. The zero-order valence-electron chi connectivity index (χ0n) is 11.9. The van der Waals surface area contributed by atoms with Crippen LogP contribution in [0.5, 0.6) is 0 Å². The molecule has 1 amide bonds. The molecule has 0 fully saturated rings. The monoisotopic (exact) mass is 272 g/mol. The highest BCUT2D eigenvalue weighted by Crippen LogP contribution is 2.18. The first kappa shape index (κ1) is 14.3. The van der Waals surface area contributed by atoms with Gasteiger partial charge in [-0.3, -0.25) is 9.48 Å². The smallest absolute Gasteiger partial charge is 0.261 e. The van der Waals surface area contributed by atoms with Gasteiger partial charge in [0.2, 0.25) is 0 Å². The third-order valence-corrected chi connectivity index (χ3v) is 3.14. The van der Waals surface area contributed by atoms with Crippen molar-refractivity contribution >= 4 is 11.6 Å². The van der Waals surface area contributed by atoms with Crippen LogP contribution in [0.1, 0.15) is 22.5 Å². The lowest BCUT2D eigenvalue weighted by molar-refractivity contribution is 0.0986. The lowest BCUT2D eigenvalue weighted by Gasteiger charge is -2.22. The van der Waals surface area contributed by atoms with E-state index in [1.807, 2.05) is 44.3 Å². The summed E-state index contributed by atoms with van der Waals surface area (Å²) in [6.45, 7) is 3.01. The second-order valence-corrected chi connectivity index (χ2v) is 4.74. The summed E-state index contributed by atoms with van der Waals surface area (Å²) in [6.07, 6.45) is 2.52. The Morgan fingerprint density at radius 1 is 1.35 bits per heavy atom. The number of carbonyl (C=O) groups is 1. The van der Waals surface area contributed by atoms with E-state index in [1.54, 1.807) is 15.8 Å². The third-order valence-electron chi connectivity index (χ3n) is 3.14. The predicted molar refractivity (Wildman–Crippen MR) is 79.7 cm³/mol. The average Bonchev–Trinajstić information content (AvgIpc) is 2.79. The molecule has 1 aromatic heterocycles. The Morgan fingerprint density at radius 3 is 2.60 bits per heavy atom. The Bertz CT molecular complexity index is 577. The molecule has 0 aliphatic heterocycles. The number of rotatable bonds is 5. The fraction of sp³-hybridized carbons (Fsp3) is 0.333. The Morgan fingerprint density at radius 2 is 2.05 bits per heavy atom. The summed E-state index contributed by atoms with van der Waals surface area (Å²) in [5.41, 5.74) is 7.83. The van der Waals surface area contributed by atoms with Crippen molar-refractivity contribution in [3.05, 3.63) is 47.8 Å². The van der Waals surface area contributed by atoms with Crippen molar-refractivity contribution in [3.63, 3.8) is 0 Å². The van der Waals surface area contributed by atoms with Crippen LogP contribution in [-0.4, -0.2) is 28.8 Å². The topological polar surface area (TPSA) is 64.2 Å². The van der Waals surface area contributed by atoms with E-state index in [2.05, 4.69) is 5.10 Å². The van der Waals surface area contributed by atoms with Crippen LogP contribution in [0.3, 0.4) is 0 Å². The summed E-state index contributed by atoms with van der Waals surface area (Å²) in [6, 6.07) is 9.65. The summed E-state index contributed by atoms with van der Waals surface area (Å²) < 4.78 is 1.66. The molecular formula is C15H20N4O. The number of nitrogens with zero attached hydrogens (tertiary/aromatic N) is 3. The van der Waals surface area contributed by atoms with E-state index in [0.29, 0.717) is 18.7 Å². The van der Waals surface area contributed by atoms with Crippen molar-refractivity contribution in [2.75, 3.05) is 18.0 Å². The molecule has 20 heavy (non-hydrogen) atoms. The quantitative estimate of drug-likeness (QED) is 0.901. The number of amides is 1. The van der Waals surface area contributed by atoms with Crippen LogP contribution in [0.15, 0.2) is 36.5 Å². The lowest BCUT2D eigenvalue weighted by Crippen LogP contribution is -2.33. The fourth-order valence-electron chi connectivity index (χ4n) is 2.16. The Balaban J connectivity index is 2.31. The largest absolute Gasteiger partial charge is 0.330 e. The highest BCUT2D eigenvalue weighted by molar-refractivity contribution is 6.06. The molecule has 0 saturated carbocycles. The molecule has 106 valence electrons. The number of para-hydroxylation sites is 1. The Kier molecular flexibility index (Phi) is 4.53. The predicted octanol–water partition coefficient (Wildman–Crippen LogP) is 1.72. The second-order valence-electron chi connectivity index (χ2n) is 4.74. The molecule has 0 aliphatic rings. The first-order chi connectivity index (χ1) is 9.63. The molecule has 0 aliphatic carbocycles. The van der Waals surface area contributed by atoms with Crippen LogP contribution in [0.2, 0.25) is 0 Å². The molecule has 2 aromatic rings. The normalized spacial score (nSPS) is 10.6. The minimum Gasteiger partial charge on any atom is -0.330 e. The minimum atomic E-state index is -0.0322. The number of aryl methyl sites for hydroxylation is 2. The van der Waals surface area contributed by atoms with E-state index in [9.17, 15) is 4.79 Å². The number of anilines is 1. The van der Waals surface area contributed by atoms with Crippen molar-refractivity contribution in [1.82, 2.24) is 9.78 Å². The van der Waals surface area contributed by atoms with E-state index in [1.165, 1.54) is 0 Å². The van der Waals surface area contributed by atoms with Crippen molar-refractivity contribution < 1.29 is 4.79 Å². The van der Waals surface area contributed by atoms with Gasteiger partial charge in [-0.1, -0.05) is 18.2 Å². The molecule has 2 rings (SSSR count). The van der Waals surface area contributed by atoms with Gasteiger partial charge in [0.25, 0.3) is 5.91 Å². The molecule has 5 nitrogen and oxygen atoms in total. The van der Waals surface area contributed by atoms with Crippen LogP contribution in [0.4, 0.5) is 5.69 Å². The second kappa shape index (κ2) is 6.34. The van der Waals surface area contributed by atoms with Crippen molar-refractivity contribution in [2.24, 2.45) is 12.8 Å². The summed E-state index contributed by atoms with van der Waals surface area (Å²) >= 11 is 0. The van der Waals surface area contributed by atoms with Crippen molar-refractivity contribution in [3.8, 4) is 0 Å². The summed E-state index contributed by atoms with van der Waals surface area (Å²) in [5.74, 6) is -0.0322. The molecule has 0 unspecified atom stereocenters. The Labute approximate surface area is 119 Å². The number of nitrogens with two attached hydrogens (primary N) is 1. The SMILES string of the molecule is Cc1nn(C)cc1C(=O)N(CCCN)c1ccccc1. The van der Waals surface area contributed by atoms with E-state index >= 15 is 0 Å². The lowest BCUT2D eigenvalue weighted by atomic mass is 10.2. The van der Waals surface area contributed by atoms with E-state index < -0.39 is 0 Å². The molecule has 1 aromatic carbocycles. The summed E-state index contributed by atoms with van der Waals surface area (Å²) in [5, 5.41) is 4.23. The standard InChI is InChI=1S/C15H20N4O/c1-12-14(11-18(2)17-12)15(20)19(10-6-9-16)13-7-4-3-5-8-13/h3-5,7-8,11H,6,9-10,16H2,1-2H3. The first-order valence-corrected chi connectivity index (χ1v) is 6.70. The molecule has 0 saturated heterocycles. The maximum absolute atomic E-state index is 12.7. The van der Waals surface area contributed by atoms with E-state index in [-0.39, 0.29) is 5.91 Å². The molecule has 5 heteroatoms. The van der Waals surface area contributed by atoms with Gasteiger partial charge in [0.1, 0.15) is 0 Å². The molecular weight excluding hydrogens is 252 g/mol. The number of hydrogen-bond donors (Lipinski definition) is 1. The van der Waals surface area contributed by atoms with Gasteiger partial charge >= 0.3 is 0 Å². The van der Waals surface area contributed by atoms with Gasteiger partial charge in [-0.2, -0.15) is 5.10 Å². The summed E-state index contributed by atoms with van der Waals surface area (Å²) in [7, 11) is 1.82. The first-order valence-electron chi connectivity index (χ1n) is 6.70. The number of carbonyl (C=O) groups excluding carboxylic acids is 1.